The zero-order chi connectivity index (χ0) is 12.8. The monoisotopic (exact) mass is 249 g/mol. The number of nitrogens with zero attached hydrogens (tertiary/aromatic N) is 2. The van der Waals surface area contributed by atoms with Crippen molar-refractivity contribution in [2.75, 3.05) is 19.6 Å². The molecular weight excluding hydrogens is 229 g/mol. The van der Waals surface area contributed by atoms with Crippen molar-refractivity contribution >= 4 is 0 Å². The Balaban J connectivity index is 1.77. The molecule has 0 bridgehead atoms. The second-order valence-electron chi connectivity index (χ2n) is 6.07. The quantitative estimate of drug-likeness (QED) is 0.864. The van der Waals surface area contributed by atoms with Gasteiger partial charge in [0.05, 0.1) is 6.20 Å². The highest BCUT2D eigenvalue weighted by Gasteiger charge is 2.49. The van der Waals surface area contributed by atoms with Crippen molar-refractivity contribution in [2.45, 2.75) is 25.9 Å². The molecule has 2 unspecified atom stereocenters. The number of aromatic nitrogens is 1. The summed E-state index contributed by atoms with van der Waals surface area (Å²) < 4.78 is 13.2. The lowest BCUT2D eigenvalue weighted by Crippen LogP contribution is -2.43. The highest BCUT2D eigenvalue weighted by atomic mass is 19.1. The minimum absolute atomic E-state index is 0.181. The Labute approximate surface area is 107 Å². The number of fused-ring (bicyclic) bond motifs is 1. The summed E-state index contributed by atoms with van der Waals surface area (Å²) in [6.07, 6.45) is 3.03. The Hall–Kier alpha value is -1.00. The lowest BCUT2D eigenvalue weighted by atomic mass is 9.85. The van der Waals surface area contributed by atoms with Crippen molar-refractivity contribution < 1.29 is 4.39 Å². The third-order valence-electron chi connectivity index (χ3n) is 4.65. The number of hydrogen-bond donors (Lipinski definition) is 1. The van der Waals surface area contributed by atoms with Gasteiger partial charge in [0.2, 0.25) is 0 Å². The molecule has 0 spiro atoms. The molecule has 98 valence electrons. The lowest BCUT2D eigenvalue weighted by molar-refractivity contribution is 0.132. The molecule has 0 amide bonds. The van der Waals surface area contributed by atoms with Gasteiger partial charge in [-0.1, -0.05) is 0 Å². The molecule has 2 fully saturated rings. The standard InChI is InChI=1S/C14H20FN3/c1-14(2)13-7-17-5-11(13)9-18(14)8-10-3-12(15)6-16-4-10/h3-4,6,11,13,17H,5,7-9H2,1-2H3. The van der Waals surface area contributed by atoms with Gasteiger partial charge in [0.1, 0.15) is 5.82 Å². The number of halogens is 1. The topological polar surface area (TPSA) is 28.2 Å². The van der Waals surface area contributed by atoms with Crippen LogP contribution in [0.25, 0.3) is 0 Å². The molecule has 2 atom stereocenters. The number of hydrogen-bond acceptors (Lipinski definition) is 3. The van der Waals surface area contributed by atoms with E-state index >= 15 is 0 Å². The Bertz CT molecular complexity index is 446. The van der Waals surface area contributed by atoms with E-state index in [1.165, 1.54) is 6.20 Å². The van der Waals surface area contributed by atoms with Crippen LogP contribution in [-0.2, 0) is 6.54 Å². The molecule has 0 aliphatic carbocycles. The first-order valence-corrected chi connectivity index (χ1v) is 6.62. The van der Waals surface area contributed by atoms with Crippen LogP contribution in [0.5, 0.6) is 0 Å². The first-order chi connectivity index (χ1) is 8.57. The Morgan fingerprint density at radius 1 is 1.44 bits per heavy atom. The summed E-state index contributed by atoms with van der Waals surface area (Å²) in [6.45, 7) is 8.72. The normalized spacial score (nSPS) is 30.6. The maximum absolute atomic E-state index is 13.2. The van der Waals surface area contributed by atoms with Gasteiger partial charge in [0.25, 0.3) is 0 Å². The molecule has 0 saturated carbocycles. The van der Waals surface area contributed by atoms with Crippen molar-refractivity contribution in [3.05, 3.63) is 29.8 Å². The van der Waals surface area contributed by atoms with E-state index in [4.69, 9.17) is 0 Å². The molecule has 2 saturated heterocycles. The van der Waals surface area contributed by atoms with Gasteiger partial charge in [-0.05, 0) is 43.9 Å². The van der Waals surface area contributed by atoms with Crippen molar-refractivity contribution in [1.29, 1.82) is 0 Å². The summed E-state index contributed by atoms with van der Waals surface area (Å²) >= 11 is 0. The van der Waals surface area contributed by atoms with Crippen LogP contribution in [0.1, 0.15) is 19.4 Å². The molecule has 18 heavy (non-hydrogen) atoms. The highest BCUT2D eigenvalue weighted by molar-refractivity contribution is 5.13. The maximum atomic E-state index is 13.2. The van der Waals surface area contributed by atoms with Gasteiger partial charge in [0.15, 0.2) is 0 Å². The summed E-state index contributed by atoms with van der Waals surface area (Å²) in [7, 11) is 0. The minimum atomic E-state index is -0.244. The predicted molar refractivity (Wildman–Crippen MR) is 68.5 cm³/mol. The fourth-order valence-corrected chi connectivity index (χ4v) is 3.54. The van der Waals surface area contributed by atoms with Gasteiger partial charge in [-0.25, -0.2) is 4.39 Å². The third kappa shape index (κ3) is 1.93. The number of nitrogens with one attached hydrogen (secondary N) is 1. The van der Waals surface area contributed by atoms with Crippen LogP contribution < -0.4 is 5.32 Å². The number of rotatable bonds is 2. The van der Waals surface area contributed by atoms with E-state index < -0.39 is 0 Å². The van der Waals surface area contributed by atoms with Crippen molar-refractivity contribution in [3.8, 4) is 0 Å². The SMILES string of the molecule is CC1(C)C2CNCC2CN1Cc1cncc(F)c1. The summed E-state index contributed by atoms with van der Waals surface area (Å²) in [6, 6.07) is 1.59. The molecule has 0 aromatic carbocycles. The van der Waals surface area contributed by atoms with Gasteiger partial charge in [-0.2, -0.15) is 0 Å². The van der Waals surface area contributed by atoms with Gasteiger partial charge in [0, 0.05) is 31.4 Å². The van der Waals surface area contributed by atoms with Crippen molar-refractivity contribution in [2.24, 2.45) is 11.8 Å². The molecule has 4 heteroatoms. The van der Waals surface area contributed by atoms with E-state index in [1.54, 1.807) is 12.3 Å². The Morgan fingerprint density at radius 3 is 3.00 bits per heavy atom. The fraction of sp³-hybridized carbons (Fsp3) is 0.643. The highest BCUT2D eigenvalue weighted by Crippen LogP contribution is 2.41. The largest absolute Gasteiger partial charge is 0.316 e. The molecule has 1 aromatic rings. The van der Waals surface area contributed by atoms with Gasteiger partial charge in [-0.15, -0.1) is 0 Å². The number of pyridine rings is 1. The summed E-state index contributed by atoms with van der Waals surface area (Å²) in [5.74, 6) is 1.20. The zero-order valence-corrected chi connectivity index (χ0v) is 11.0. The first-order valence-electron chi connectivity index (χ1n) is 6.62. The summed E-state index contributed by atoms with van der Waals surface area (Å²) in [4.78, 5) is 6.40. The van der Waals surface area contributed by atoms with Crippen LogP contribution in [0, 0.1) is 17.7 Å². The van der Waals surface area contributed by atoms with Crippen LogP contribution in [0.2, 0.25) is 0 Å². The summed E-state index contributed by atoms with van der Waals surface area (Å²) in [5, 5.41) is 3.47. The van der Waals surface area contributed by atoms with Gasteiger partial charge >= 0.3 is 0 Å². The van der Waals surface area contributed by atoms with E-state index in [2.05, 4.69) is 29.0 Å². The second kappa shape index (κ2) is 4.28. The van der Waals surface area contributed by atoms with Crippen molar-refractivity contribution in [3.63, 3.8) is 0 Å². The van der Waals surface area contributed by atoms with Crippen LogP contribution in [-0.4, -0.2) is 35.1 Å². The first kappa shape index (κ1) is 12.1. The molecule has 3 heterocycles. The fourth-order valence-electron chi connectivity index (χ4n) is 3.54. The average Bonchev–Trinajstić information content (AvgIpc) is 2.84. The molecule has 1 N–H and O–H groups in total. The summed E-state index contributed by atoms with van der Waals surface area (Å²) in [5.41, 5.74) is 1.15. The van der Waals surface area contributed by atoms with Crippen molar-refractivity contribution in [1.82, 2.24) is 15.2 Å². The Kier molecular flexibility index (Phi) is 2.87. The average molecular weight is 249 g/mol. The molecule has 2 aliphatic heterocycles. The van der Waals surface area contributed by atoms with E-state index in [0.29, 0.717) is 5.92 Å². The molecule has 0 radical (unpaired) electrons. The third-order valence-corrected chi connectivity index (χ3v) is 4.65. The molecule has 1 aromatic heterocycles. The van der Waals surface area contributed by atoms with Crippen LogP contribution in [0.4, 0.5) is 4.39 Å². The van der Waals surface area contributed by atoms with E-state index in [1.807, 2.05) is 0 Å². The van der Waals surface area contributed by atoms with E-state index in [-0.39, 0.29) is 11.4 Å². The Morgan fingerprint density at radius 2 is 2.28 bits per heavy atom. The predicted octanol–water partition coefficient (Wildman–Crippen LogP) is 1.65. The second-order valence-corrected chi connectivity index (χ2v) is 6.07. The number of likely N-dealkylation sites (tertiary alicyclic amines) is 1. The smallest absolute Gasteiger partial charge is 0.141 e. The molecule has 3 rings (SSSR count). The maximum Gasteiger partial charge on any atom is 0.141 e. The van der Waals surface area contributed by atoms with E-state index in [9.17, 15) is 4.39 Å². The van der Waals surface area contributed by atoms with Crippen LogP contribution in [0.15, 0.2) is 18.5 Å². The van der Waals surface area contributed by atoms with Crippen LogP contribution in [0.3, 0.4) is 0 Å². The zero-order valence-electron chi connectivity index (χ0n) is 11.0. The molecule has 2 aliphatic rings. The molecule has 3 nitrogen and oxygen atoms in total. The lowest BCUT2D eigenvalue weighted by Gasteiger charge is -2.35. The molecular formula is C14H20FN3. The van der Waals surface area contributed by atoms with Gasteiger partial charge in [-0.3, -0.25) is 9.88 Å². The van der Waals surface area contributed by atoms with E-state index in [0.717, 1.165) is 37.7 Å². The van der Waals surface area contributed by atoms with Crippen LogP contribution >= 0.6 is 0 Å². The van der Waals surface area contributed by atoms with Gasteiger partial charge < -0.3 is 5.32 Å². The minimum Gasteiger partial charge on any atom is -0.316 e.